The molecular formula is C18H27N3OS. The monoisotopic (exact) mass is 333 g/mol. The smallest absolute Gasteiger partial charge is 0.233 e. The number of benzene rings is 1. The summed E-state index contributed by atoms with van der Waals surface area (Å²) in [6.45, 7) is 8.92. The normalized spacial score (nSPS) is 12.8. The Bertz CT molecular complexity index is 678. The number of rotatable bonds is 7. The van der Waals surface area contributed by atoms with E-state index in [1.807, 2.05) is 0 Å². The van der Waals surface area contributed by atoms with Gasteiger partial charge < -0.3 is 10.3 Å². The third kappa shape index (κ3) is 4.74. The predicted octanol–water partition coefficient (Wildman–Crippen LogP) is 3.78. The van der Waals surface area contributed by atoms with Crippen molar-refractivity contribution in [2.45, 2.75) is 58.8 Å². The zero-order chi connectivity index (χ0) is 17.0. The number of aromatic nitrogens is 2. The van der Waals surface area contributed by atoms with Crippen molar-refractivity contribution in [3.63, 3.8) is 0 Å². The van der Waals surface area contributed by atoms with Crippen molar-refractivity contribution in [3.8, 4) is 0 Å². The first-order chi connectivity index (χ1) is 10.9. The number of H-pyrrole nitrogens is 1. The quantitative estimate of drug-likeness (QED) is 0.675. The minimum Gasteiger partial charge on any atom is -0.351 e. The van der Waals surface area contributed by atoms with E-state index in [0.717, 1.165) is 47.2 Å². The summed E-state index contributed by atoms with van der Waals surface area (Å²) < 4.78 is 0. The van der Waals surface area contributed by atoms with Crippen molar-refractivity contribution >= 4 is 29.6 Å². The number of carbonyl (C=O) groups excluding carboxylic acids is 1. The molecule has 1 aromatic carbocycles. The van der Waals surface area contributed by atoms with Gasteiger partial charge in [-0.15, -0.1) is 0 Å². The predicted molar refractivity (Wildman–Crippen MR) is 98.9 cm³/mol. The molecule has 0 unspecified atom stereocenters. The molecule has 0 bridgehead atoms. The summed E-state index contributed by atoms with van der Waals surface area (Å²) in [5.74, 6) is 1.49. The van der Waals surface area contributed by atoms with E-state index >= 15 is 0 Å². The van der Waals surface area contributed by atoms with E-state index in [1.165, 1.54) is 0 Å². The molecule has 0 saturated carbocycles. The third-order valence-electron chi connectivity index (χ3n) is 3.84. The van der Waals surface area contributed by atoms with Gasteiger partial charge >= 0.3 is 0 Å². The molecule has 2 rings (SSSR count). The van der Waals surface area contributed by atoms with Crippen LogP contribution in [0.1, 0.15) is 50.6 Å². The molecule has 1 atom stereocenters. The maximum absolute atomic E-state index is 12.1. The highest BCUT2D eigenvalue weighted by Crippen LogP contribution is 2.19. The topological polar surface area (TPSA) is 57.8 Å². The third-order valence-corrected chi connectivity index (χ3v) is 4.28. The second kappa shape index (κ2) is 7.86. The lowest BCUT2D eigenvalue weighted by Crippen LogP contribution is -2.31. The number of nitrogens with zero attached hydrogens (tertiary/aromatic N) is 1. The average molecular weight is 334 g/mol. The van der Waals surface area contributed by atoms with Crippen LogP contribution in [-0.2, 0) is 17.8 Å². The largest absolute Gasteiger partial charge is 0.351 e. The summed E-state index contributed by atoms with van der Waals surface area (Å²) in [7, 11) is 0. The number of hydrogen-bond acceptors (Lipinski definition) is 3. The second-order valence-electron chi connectivity index (χ2n) is 6.61. The SMILES string of the molecule is CCCc1nc2c(C)cc(CNC(=O)[C@H](S)CC(C)C)cc2[nH]1. The lowest BCUT2D eigenvalue weighted by molar-refractivity contribution is -0.120. The van der Waals surface area contributed by atoms with Crippen molar-refractivity contribution in [1.29, 1.82) is 0 Å². The van der Waals surface area contributed by atoms with Gasteiger partial charge in [-0.25, -0.2) is 4.98 Å². The Hall–Kier alpha value is -1.49. The minimum atomic E-state index is -0.247. The summed E-state index contributed by atoms with van der Waals surface area (Å²) in [5.41, 5.74) is 4.28. The van der Waals surface area contributed by atoms with Gasteiger partial charge in [0.15, 0.2) is 0 Å². The summed E-state index contributed by atoms with van der Waals surface area (Å²) in [4.78, 5) is 20.1. The van der Waals surface area contributed by atoms with E-state index in [4.69, 9.17) is 0 Å². The van der Waals surface area contributed by atoms with Crippen LogP contribution in [0.4, 0.5) is 0 Å². The number of thiol groups is 1. The number of fused-ring (bicyclic) bond motifs is 1. The number of amides is 1. The first-order valence-corrected chi connectivity index (χ1v) is 8.86. The lowest BCUT2D eigenvalue weighted by atomic mass is 10.1. The Morgan fingerprint density at radius 1 is 1.39 bits per heavy atom. The number of imidazole rings is 1. The zero-order valence-corrected chi connectivity index (χ0v) is 15.3. The number of aryl methyl sites for hydroxylation is 2. The van der Waals surface area contributed by atoms with Gasteiger partial charge in [0.25, 0.3) is 0 Å². The molecule has 1 amide bonds. The molecule has 2 aromatic rings. The Balaban J connectivity index is 2.07. The van der Waals surface area contributed by atoms with Gasteiger partial charge in [-0.3, -0.25) is 4.79 Å². The molecule has 0 radical (unpaired) electrons. The van der Waals surface area contributed by atoms with Crippen LogP contribution in [0, 0.1) is 12.8 Å². The first-order valence-electron chi connectivity index (χ1n) is 8.34. The van der Waals surface area contributed by atoms with Gasteiger partial charge in [0.2, 0.25) is 5.91 Å². The highest BCUT2D eigenvalue weighted by molar-refractivity contribution is 7.81. The molecule has 0 aliphatic carbocycles. The Labute approximate surface area is 143 Å². The van der Waals surface area contributed by atoms with Crippen LogP contribution in [0.2, 0.25) is 0 Å². The highest BCUT2D eigenvalue weighted by Gasteiger charge is 2.15. The molecule has 0 fully saturated rings. The Morgan fingerprint density at radius 3 is 2.78 bits per heavy atom. The molecule has 0 saturated heterocycles. The van der Waals surface area contributed by atoms with E-state index in [9.17, 15) is 4.79 Å². The lowest BCUT2D eigenvalue weighted by Gasteiger charge is -2.13. The standard InChI is InChI=1S/C18H27N3OS/c1-5-6-16-20-14-9-13(8-12(4)17(14)21-16)10-19-18(22)15(23)7-11(2)3/h8-9,11,15,23H,5-7,10H2,1-4H3,(H,19,22)(H,20,21)/t15-/m1/s1. The zero-order valence-electron chi connectivity index (χ0n) is 14.4. The van der Waals surface area contributed by atoms with Gasteiger partial charge in [-0.05, 0) is 42.9 Å². The summed E-state index contributed by atoms with van der Waals surface area (Å²) >= 11 is 4.39. The molecular weight excluding hydrogens is 306 g/mol. The van der Waals surface area contributed by atoms with Crippen LogP contribution in [-0.4, -0.2) is 21.1 Å². The molecule has 5 heteroatoms. The van der Waals surface area contributed by atoms with Gasteiger partial charge in [0, 0.05) is 13.0 Å². The van der Waals surface area contributed by atoms with Crippen LogP contribution < -0.4 is 5.32 Å². The molecule has 1 heterocycles. The van der Waals surface area contributed by atoms with Crippen LogP contribution in [0.5, 0.6) is 0 Å². The van der Waals surface area contributed by atoms with Crippen molar-refractivity contribution in [2.24, 2.45) is 5.92 Å². The number of hydrogen-bond donors (Lipinski definition) is 3. The van der Waals surface area contributed by atoms with Crippen molar-refractivity contribution in [2.75, 3.05) is 0 Å². The number of carbonyl (C=O) groups is 1. The number of aromatic amines is 1. The van der Waals surface area contributed by atoms with Crippen molar-refractivity contribution in [3.05, 3.63) is 29.1 Å². The highest BCUT2D eigenvalue weighted by atomic mass is 32.1. The molecule has 4 nitrogen and oxygen atoms in total. The number of nitrogens with one attached hydrogen (secondary N) is 2. The van der Waals surface area contributed by atoms with Crippen LogP contribution in [0.3, 0.4) is 0 Å². The van der Waals surface area contributed by atoms with Crippen LogP contribution in [0.25, 0.3) is 11.0 Å². The van der Waals surface area contributed by atoms with E-state index in [2.05, 4.69) is 67.7 Å². The molecule has 0 spiro atoms. The van der Waals surface area contributed by atoms with Crippen molar-refractivity contribution < 1.29 is 4.79 Å². The Kier molecular flexibility index (Phi) is 6.10. The summed E-state index contributed by atoms with van der Waals surface area (Å²) in [6, 6.07) is 4.17. The van der Waals surface area contributed by atoms with Crippen molar-refractivity contribution in [1.82, 2.24) is 15.3 Å². The van der Waals surface area contributed by atoms with Gasteiger partial charge in [0.05, 0.1) is 16.3 Å². The minimum absolute atomic E-state index is 0.00364. The fourth-order valence-electron chi connectivity index (χ4n) is 2.73. The molecule has 1 aromatic heterocycles. The van der Waals surface area contributed by atoms with E-state index in [0.29, 0.717) is 12.5 Å². The van der Waals surface area contributed by atoms with Crippen LogP contribution in [0.15, 0.2) is 12.1 Å². The molecule has 0 aliphatic rings. The van der Waals surface area contributed by atoms with Crippen LogP contribution >= 0.6 is 12.6 Å². The summed E-state index contributed by atoms with van der Waals surface area (Å²) in [5, 5.41) is 2.73. The fourth-order valence-corrected chi connectivity index (χ4v) is 3.25. The van der Waals surface area contributed by atoms with E-state index in [-0.39, 0.29) is 11.2 Å². The molecule has 0 aliphatic heterocycles. The molecule has 23 heavy (non-hydrogen) atoms. The van der Waals surface area contributed by atoms with Gasteiger partial charge in [0.1, 0.15) is 5.82 Å². The average Bonchev–Trinajstić information content (AvgIpc) is 2.87. The first kappa shape index (κ1) is 17.9. The summed E-state index contributed by atoms with van der Waals surface area (Å²) in [6.07, 6.45) is 2.81. The second-order valence-corrected chi connectivity index (χ2v) is 7.23. The van der Waals surface area contributed by atoms with E-state index < -0.39 is 0 Å². The fraction of sp³-hybridized carbons (Fsp3) is 0.556. The van der Waals surface area contributed by atoms with E-state index in [1.54, 1.807) is 0 Å². The molecule has 126 valence electrons. The van der Waals surface area contributed by atoms with Gasteiger partial charge in [-0.2, -0.15) is 12.6 Å². The van der Waals surface area contributed by atoms with Gasteiger partial charge in [-0.1, -0.05) is 26.8 Å². The Morgan fingerprint density at radius 2 is 2.13 bits per heavy atom. The molecule has 2 N–H and O–H groups in total. The maximum Gasteiger partial charge on any atom is 0.233 e. The maximum atomic E-state index is 12.1.